The van der Waals surface area contributed by atoms with Crippen molar-refractivity contribution >= 4 is 22.7 Å². The van der Waals surface area contributed by atoms with Gasteiger partial charge >= 0.3 is 0 Å². The van der Waals surface area contributed by atoms with Crippen LogP contribution in [-0.2, 0) is 9.53 Å². The number of nitrogens with one attached hydrogen (secondary N) is 1. The van der Waals surface area contributed by atoms with E-state index in [1.54, 1.807) is 9.80 Å². The molecule has 1 N–H and O–H groups in total. The second-order valence-electron chi connectivity index (χ2n) is 7.63. The van der Waals surface area contributed by atoms with Crippen molar-refractivity contribution in [2.24, 2.45) is 0 Å². The highest BCUT2D eigenvalue weighted by Crippen LogP contribution is 2.42. The third-order valence-corrected chi connectivity index (χ3v) is 5.94. The first-order valence-electron chi connectivity index (χ1n) is 9.98. The number of aryl methyl sites for hydroxylation is 1. The Balaban J connectivity index is 1.59. The van der Waals surface area contributed by atoms with Gasteiger partial charge in [-0.2, -0.15) is 0 Å². The molecule has 29 heavy (non-hydrogen) atoms. The molecule has 2 aliphatic heterocycles. The minimum absolute atomic E-state index is 0.0306. The molecule has 6 heteroatoms. The van der Waals surface area contributed by atoms with E-state index in [4.69, 9.17) is 4.74 Å². The molecule has 1 fully saturated rings. The number of rotatable bonds is 3. The summed E-state index contributed by atoms with van der Waals surface area (Å²) in [6.07, 6.45) is 0. The number of para-hydroxylation sites is 1. The highest BCUT2D eigenvalue weighted by Gasteiger charge is 2.40. The molecule has 0 bridgehead atoms. The number of carbonyl (C=O) groups excluding carboxylic acids is 2. The molecule has 3 heterocycles. The Kier molecular flexibility index (Phi) is 4.36. The molecule has 3 aromatic rings. The third-order valence-electron chi connectivity index (χ3n) is 5.94. The van der Waals surface area contributed by atoms with Crippen molar-refractivity contribution in [3.05, 3.63) is 70.9 Å². The number of fused-ring (bicyclic) bond motifs is 2. The van der Waals surface area contributed by atoms with Gasteiger partial charge in [0.1, 0.15) is 6.54 Å². The van der Waals surface area contributed by atoms with Crippen molar-refractivity contribution in [1.29, 1.82) is 0 Å². The number of aromatic amines is 1. The highest BCUT2D eigenvalue weighted by atomic mass is 16.5. The van der Waals surface area contributed by atoms with E-state index in [9.17, 15) is 9.59 Å². The summed E-state index contributed by atoms with van der Waals surface area (Å²) in [5, 5.41) is 1.09. The molecule has 6 nitrogen and oxygen atoms in total. The van der Waals surface area contributed by atoms with Crippen molar-refractivity contribution in [3.8, 4) is 0 Å². The average molecular weight is 389 g/mol. The molecular formula is C23H23N3O3. The van der Waals surface area contributed by atoms with Gasteiger partial charge in [0.25, 0.3) is 5.91 Å². The lowest BCUT2D eigenvalue weighted by atomic mass is 9.95. The third kappa shape index (κ3) is 2.91. The summed E-state index contributed by atoms with van der Waals surface area (Å²) in [7, 11) is 0. The van der Waals surface area contributed by atoms with Crippen molar-refractivity contribution in [1.82, 2.24) is 14.8 Å². The number of aromatic nitrogens is 1. The topological polar surface area (TPSA) is 65.6 Å². The van der Waals surface area contributed by atoms with Crippen LogP contribution >= 0.6 is 0 Å². The van der Waals surface area contributed by atoms with E-state index in [-0.39, 0.29) is 24.4 Å². The Morgan fingerprint density at radius 1 is 1.10 bits per heavy atom. The van der Waals surface area contributed by atoms with Crippen LogP contribution in [0.4, 0.5) is 0 Å². The fourth-order valence-electron chi connectivity index (χ4n) is 4.55. The lowest BCUT2D eigenvalue weighted by molar-refractivity contribution is -0.136. The molecule has 0 unspecified atom stereocenters. The predicted molar refractivity (Wildman–Crippen MR) is 110 cm³/mol. The Morgan fingerprint density at radius 2 is 1.83 bits per heavy atom. The lowest BCUT2D eigenvalue weighted by Crippen LogP contribution is -2.46. The van der Waals surface area contributed by atoms with Crippen molar-refractivity contribution in [3.63, 3.8) is 0 Å². The zero-order valence-electron chi connectivity index (χ0n) is 16.4. The van der Waals surface area contributed by atoms with Crippen molar-refractivity contribution in [2.75, 3.05) is 32.8 Å². The fraction of sp³-hybridized carbons (Fsp3) is 0.304. The summed E-state index contributed by atoms with van der Waals surface area (Å²) in [5.41, 5.74) is 4.76. The van der Waals surface area contributed by atoms with E-state index in [0.29, 0.717) is 31.9 Å². The van der Waals surface area contributed by atoms with E-state index in [2.05, 4.69) is 11.1 Å². The van der Waals surface area contributed by atoms with Gasteiger partial charge in [0, 0.05) is 40.8 Å². The van der Waals surface area contributed by atoms with Crippen LogP contribution in [0.2, 0.25) is 0 Å². The van der Waals surface area contributed by atoms with Crippen molar-refractivity contribution in [2.45, 2.75) is 13.0 Å². The first kappa shape index (κ1) is 17.9. The van der Waals surface area contributed by atoms with Crippen LogP contribution in [0.5, 0.6) is 0 Å². The Morgan fingerprint density at radius 3 is 2.66 bits per heavy atom. The lowest BCUT2D eigenvalue weighted by Gasteiger charge is -2.31. The minimum atomic E-state index is -0.278. The number of hydrogen-bond acceptors (Lipinski definition) is 3. The molecule has 148 valence electrons. The van der Waals surface area contributed by atoms with E-state index < -0.39 is 0 Å². The molecule has 0 radical (unpaired) electrons. The Bertz CT molecular complexity index is 1100. The summed E-state index contributed by atoms with van der Waals surface area (Å²) in [6.45, 7) is 4.34. The van der Waals surface area contributed by atoms with Gasteiger partial charge in [-0.05, 0) is 24.6 Å². The number of morpholine rings is 1. The Labute approximate surface area is 169 Å². The zero-order valence-corrected chi connectivity index (χ0v) is 16.4. The molecule has 2 aromatic carbocycles. The quantitative estimate of drug-likeness (QED) is 0.749. The number of H-pyrrole nitrogens is 1. The molecule has 5 rings (SSSR count). The van der Waals surface area contributed by atoms with Crippen LogP contribution < -0.4 is 0 Å². The summed E-state index contributed by atoms with van der Waals surface area (Å²) in [4.78, 5) is 33.2. The first-order valence-corrected chi connectivity index (χ1v) is 9.98. The van der Waals surface area contributed by atoms with E-state index in [1.807, 2.05) is 49.4 Å². The molecule has 1 saturated heterocycles. The van der Waals surface area contributed by atoms with Crippen LogP contribution in [0, 0.1) is 6.92 Å². The Hall–Kier alpha value is -3.12. The number of benzene rings is 2. The largest absolute Gasteiger partial charge is 0.378 e. The first-order chi connectivity index (χ1) is 14.1. The molecule has 1 aromatic heterocycles. The number of hydrogen-bond donors (Lipinski definition) is 1. The van der Waals surface area contributed by atoms with Gasteiger partial charge in [-0.3, -0.25) is 9.59 Å². The van der Waals surface area contributed by atoms with Crippen molar-refractivity contribution < 1.29 is 14.3 Å². The normalized spacial score (nSPS) is 19.1. The molecule has 2 amide bonds. The van der Waals surface area contributed by atoms with Gasteiger partial charge in [0.15, 0.2) is 0 Å². The van der Waals surface area contributed by atoms with Gasteiger partial charge in [-0.15, -0.1) is 0 Å². The molecule has 0 spiro atoms. The van der Waals surface area contributed by atoms with Gasteiger partial charge in [-0.25, -0.2) is 0 Å². The summed E-state index contributed by atoms with van der Waals surface area (Å²) in [5.74, 6) is -0.117. The number of amides is 2. The van der Waals surface area contributed by atoms with Gasteiger partial charge < -0.3 is 19.5 Å². The van der Waals surface area contributed by atoms with E-state index in [0.717, 1.165) is 27.7 Å². The standard InChI is InChI=1S/C23H23N3O3/c1-15-21(18-8-4-5-9-19(18)24-15)22-16-6-2-3-7-17(16)23(28)26(22)14-20(27)25-10-12-29-13-11-25/h2-9,22,24H,10-14H2,1H3/t22-/m1/s1. The van der Waals surface area contributed by atoms with Crippen LogP contribution in [0.15, 0.2) is 48.5 Å². The molecule has 2 aliphatic rings. The van der Waals surface area contributed by atoms with Crippen LogP contribution in [0.3, 0.4) is 0 Å². The maximum atomic E-state index is 13.3. The monoisotopic (exact) mass is 389 g/mol. The highest BCUT2D eigenvalue weighted by molar-refractivity contribution is 6.02. The van der Waals surface area contributed by atoms with E-state index >= 15 is 0 Å². The predicted octanol–water partition coefficient (Wildman–Crippen LogP) is 2.88. The molecule has 1 atom stereocenters. The summed E-state index contributed by atoms with van der Waals surface area (Å²) in [6, 6.07) is 15.5. The van der Waals surface area contributed by atoms with Crippen LogP contribution in [-0.4, -0.2) is 59.4 Å². The average Bonchev–Trinajstić information content (AvgIpc) is 3.22. The maximum absolute atomic E-state index is 13.3. The molecule has 0 saturated carbocycles. The summed E-state index contributed by atoms with van der Waals surface area (Å²) < 4.78 is 5.36. The maximum Gasteiger partial charge on any atom is 0.255 e. The SMILES string of the molecule is Cc1[nH]c2ccccc2c1[C@H]1c2ccccc2C(=O)N1CC(=O)N1CCOCC1. The second kappa shape index (κ2) is 7.04. The van der Waals surface area contributed by atoms with E-state index in [1.165, 1.54) is 0 Å². The van der Waals surface area contributed by atoms with Crippen LogP contribution in [0.25, 0.3) is 10.9 Å². The fourth-order valence-corrected chi connectivity index (χ4v) is 4.55. The molecular weight excluding hydrogens is 366 g/mol. The van der Waals surface area contributed by atoms with Gasteiger partial charge in [0.05, 0.1) is 19.3 Å². The smallest absolute Gasteiger partial charge is 0.255 e. The van der Waals surface area contributed by atoms with Gasteiger partial charge in [-0.1, -0.05) is 36.4 Å². The number of nitrogens with zero attached hydrogens (tertiary/aromatic N) is 2. The molecule has 0 aliphatic carbocycles. The summed E-state index contributed by atoms with van der Waals surface area (Å²) >= 11 is 0. The second-order valence-corrected chi connectivity index (χ2v) is 7.63. The number of carbonyl (C=O) groups is 2. The zero-order chi connectivity index (χ0) is 20.0. The minimum Gasteiger partial charge on any atom is -0.378 e. The number of ether oxygens (including phenoxy) is 1. The van der Waals surface area contributed by atoms with Crippen LogP contribution in [0.1, 0.15) is 33.2 Å². The van der Waals surface area contributed by atoms with Gasteiger partial charge in [0.2, 0.25) is 5.91 Å².